The fraction of sp³-hybridized carbons (Fsp3) is 0.692. The van der Waals surface area contributed by atoms with Gasteiger partial charge in [-0.25, -0.2) is 9.97 Å². The summed E-state index contributed by atoms with van der Waals surface area (Å²) in [7, 11) is 0. The third kappa shape index (κ3) is 4.63. The van der Waals surface area contributed by atoms with Crippen molar-refractivity contribution in [2.45, 2.75) is 12.5 Å². The minimum atomic E-state index is 0.298. The summed E-state index contributed by atoms with van der Waals surface area (Å²) in [5, 5.41) is 0. The number of anilines is 1. The topological polar surface area (TPSA) is 58.3 Å². The summed E-state index contributed by atoms with van der Waals surface area (Å²) in [5.74, 6) is 1.99. The van der Waals surface area contributed by atoms with Gasteiger partial charge < -0.3 is 10.6 Å². The van der Waals surface area contributed by atoms with Crippen LogP contribution in [0.2, 0.25) is 0 Å². The average molecular weight is 281 g/mol. The molecule has 0 aromatic carbocycles. The van der Waals surface area contributed by atoms with Crippen LogP contribution in [0.5, 0.6) is 0 Å². The van der Waals surface area contributed by atoms with Crippen molar-refractivity contribution < 1.29 is 0 Å². The van der Waals surface area contributed by atoms with E-state index in [4.69, 9.17) is 5.73 Å². The van der Waals surface area contributed by atoms with E-state index < -0.39 is 0 Å². The highest BCUT2D eigenvalue weighted by atomic mass is 32.2. The van der Waals surface area contributed by atoms with Gasteiger partial charge >= 0.3 is 0 Å². The van der Waals surface area contributed by atoms with Gasteiger partial charge in [0.05, 0.1) is 0 Å². The summed E-state index contributed by atoms with van der Waals surface area (Å²) < 4.78 is 0. The Morgan fingerprint density at radius 1 is 1.26 bits per heavy atom. The predicted molar refractivity (Wildman–Crippen MR) is 81.7 cm³/mol. The van der Waals surface area contributed by atoms with Crippen molar-refractivity contribution in [1.29, 1.82) is 0 Å². The van der Waals surface area contributed by atoms with Crippen molar-refractivity contribution >= 4 is 17.7 Å². The SMILES string of the molecule is CSCC[C@H](N)CN1CCN(c2ncccn2)CC1. The van der Waals surface area contributed by atoms with E-state index in [0.29, 0.717) is 6.04 Å². The summed E-state index contributed by atoms with van der Waals surface area (Å²) >= 11 is 1.87. The molecule has 1 aliphatic rings. The average Bonchev–Trinajstić information content (AvgIpc) is 2.47. The molecule has 0 aliphatic carbocycles. The molecule has 1 aromatic rings. The monoisotopic (exact) mass is 281 g/mol. The molecular formula is C13H23N5S. The van der Waals surface area contributed by atoms with Crippen molar-refractivity contribution in [3.05, 3.63) is 18.5 Å². The lowest BCUT2D eigenvalue weighted by atomic mass is 10.2. The molecule has 0 radical (unpaired) electrons. The fourth-order valence-electron chi connectivity index (χ4n) is 2.28. The van der Waals surface area contributed by atoms with Crippen LogP contribution in [0.25, 0.3) is 0 Å². The lowest BCUT2D eigenvalue weighted by Crippen LogP contribution is -2.50. The number of aromatic nitrogens is 2. The van der Waals surface area contributed by atoms with E-state index in [1.165, 1.54) is 0 Å². The summed E-state index contributed by atoms with van der Waals surface area (Å²) in [6, 6.07) is 2.15. The van der Waals surface area contributed by atoms with Gasteiger partial charge in [-0.1, -0.05) is 0 Å². The molecule has 19 heavy (non-hydrogen) atoms. The molecule has 1 aliphatic heterocycles. The molecule has 5 nitrogen and oxygen atoms in total. The summed E-state index contributed by atoms with van der Waals surface area (Å²) in [5.41, 5.74) is 6.14. The highest BCUT2D eigenvalue weighted by Crippen LogP contribution is 2.10. The van der Waals surface area contributed by atoms with Crippen LogP contribution in [0.15, 0.2) is 18.5 Å². The van der Waals surface area contributed by atoms with Gasteiger partial charge in [0, 0.05) is 51.2 Å². The molecule has 0 bridgehead atoms. The molecule has 0 unspecified atom stereocenters. The zero-order chi connectivity index (χ0) is 13.5. The van der Waals surface area contributed by atoms with Gasteiger partial charge in [0.15, 0.2) is 0 Å². The Kier molecular flexibility index (Phi) is 5.88. The van der Waals surface area contributed by atoms with Crippen molar-refractivity contribution in [1.82, 2.24) is 14.9 Å². The van der Waals surface area contributed by atoms with E-state index in [-0.39, 0.29) is 0 Å². The van der Waals surface area contributed by atoms with E-state index >= 15 is 0 Å². The Hall–Kier alpha value is -0.850. The van der Waals surface area contributed by atoms with Crippen molar-refractivity contribution in [3.63, 3.8) is 0 Å². The van der Waals surface area contributed by atoms with Gasteiger partial charge in [-0.15, -0.1) is 0 Å². The first-order chi connectivity index (χ1) is 9.29. The number of nitrogens with zero attached hydrogens (tertiary/aromatic N) is 4. The van der Waals surface area contributed by atoms with Gasteiger partial charge in [0.2, 0.25) is 5.95 Å². The number of piperazine rings is 1. The molecule has 106 valence electrons. The van der Waals surface area contributed by atoms with Gasteiger partial charge in [-0.2, -0.15) is 11.8 Å². The molecule has 1 saturated heterocycles. The summed E-state index contributed by atoms with van der Waals surface area (Å²) in [4.78, 5) is 13.3. The van der Waals surface area contributed by atoms with Crippen LogP contribution >= 0.6 is 11.8 Å². The minimum absolute atomic E-state index is 0.298. The first-order valence-corrected chi connectivity index (χ1v) is 8.18. The highest BCUT2D eigenvalue weighted by molar-refractivity contribution is 7.98. The lowest BCUT2D eigenvalue weighted by Gasteiger charge is -2.35. The zero-order valence-electron chi connectivity index (χ0n) is 11.5. The maximum absolute atomic E-state index is 6.14. The number of rotatable bonds is 6. The molecule has 6 heteroatoms. The van der Waals surface area contributed by atoms with Crippen molar-refractivity contribution in [3.8, 4) is 0 Å². The second-order valence-corrected chi connectivity index (χ2v) is 5.86. The Labute approximate surface area is 119 Å². The van der Waals surface area contributed by atoms with Crippen LogP contribution in [0.3, 0.4) is 0 Å². The Morgan fingerprint density at radius 2 is 1.95 bits per heavy atom. The lowest BCUT2D eigenvalue weighted by molar-refractivity contribution is 0.240. The van der Waals surface area contributed by atoms with Gasteiger partial charge in [-0.3, -0.25) is 4.90 Å². The number of nitrogens with two attached hydrogens (primary N) is 1. The minimum Gasteiger partial charge on any atom is -0.338 e. The van der Waals surface area contributed by atoms with Crippen LogP contribution in [-0.4, -0.2) is 65.6 Å². The first kappa shape index (κ1) is 14.6. The second kappa shape index (κ2) is 7.67. The number of thioether (sulfide) groups is 1. The third-order valence-corrected chi connectivity index (χ3v) is 4.04. The number of hydrogen-bond acceptors (Lipinski definition) is 6. The maximum atomic E-state index is 6.14. The molecule has 2 rings (SSSR count). The normalized spacial score (nSPS) is 18.5. The van der Waals surface area contributed by atoms with E-state index in [1.54, 1.807) is 12.4 Å². The fourth-order valence-corrected chi connectivity index (χ4v) is 2.82. The largest absolute Gasteiger partial charge is 0.338 e. The van der Waals surface area contributed by atoms with Gasteiger partial charge in [0.1, 0.15) is 0 Å². The quantitative estimate of drug-likeness (QED) is 0.827. The van der Waals surface area contributed by atoms with Crippen LogP contribution in [0.4, 0.5) is 5.95 Å². The van der Waals surface area contributed by atoms with E-state index in [1.807, 2.05) is 17.8 Å². The van der Waals surface area contributed by atoms with Crippen LogP contribution in [-0.2, 0) is 0 Å². The highest BCUT2D eigenvalue weighted by Gasteiger charge is 2.19. The standard InChI is InChI=1S/C13H23N5S/c1-19-10-3-12(14)11-17-6-8-18(9-7-17)13-15-4-2-5-16-13/h2,4-5,12H,3,6-11,14H2,1H3/t12-/m0/s1. The smallest absolute Gasteiger partial charge is 0.225 e. The van der Waals surface area contributed by atoms with Crippen molar-refractivity contribution in [2.24, 2.45) is 5.73 Å². The molecule has 2 heterocycles. The third-order valence-electron chi connectivity index (χ3n) is 3.39. The molecular weight excluding hydrogens is 258 g/mol. The zero-order valence-corrected chi connectivity index (χ0v) is 12.4. The predicted octanol–water partition coefficient (Wildman–Crippen LogP) is 0.679. The van der Waals surface area contributed by atoms with E-state index in [0.717, 1.165) is 50.8 Å². The Bertz CT molecular complexity index is 353. The van der Waals surface area contributed by atoms with Crippen LogP contribution in [0.1, 0.15) is 6.42 Å². The molecule has 1 aromatic heterocycles. The molecule has 0 saturated carbocycles. The molecule has 1 fully saturated rings. The molecule has 1 atom stereocenters. The van der Waals surface area contributed by atoms with E-state index in [9.17, 15) is 0 Å². The van der Waals surface area contributed by atoms with Gasteiger partial charge in [0.25, 0.3) is 0 Å². The van der Waals surface area contributed by atoms with E-state index in [2.05, 4.69) is 26.0 Å². The maximum Gasteiger partial charge on any atom is 0.225 e. The van der Waals surface area contributed by atoms with Crippen LogP contribution in [0, 0.1) is 0 Å². The van der Waals surface area contributed by atoms with Gasteiger partial charge in [-0.05, 0) is 24.5 Å². The summed E-state index contributed by atoms with van der Waals surface area (Å²) in [6.07, 6.45) is 6.83. The molecule has 2 N–H and O–H groups in total. The molecule has 0 amide bonds. The molecule has 0 spiro atoms. The first-order valence-electron chi connectivity index (χ1n) is 6.78. The summed E-state index contributed by atoms with van der Waals surface area (Å²) in [6.45, 7) is 5.07. The van der Waals surface area contributed by atoms with Crippen LogP contribution < -0.4 is 10.6 Å². The Morgan fingerprint density at radius 3 is 2.58 bits per heavy atom. The Balaban J connectivity index is 1.73. The van der Waals surface area contributed by atoms with Crippen molar-refractivity contribution in [2.75, 3.05) is 49.6 Å². The number of hydrogen-bond donors (Lipinski definition) is 1. The second-order valence-electron chi connectivity index (χ2n) is 4.88.